The molecule has 1 aliphatic heterocycles. The summed E-state index contributed by atoms with van der Waals surface area (Å²) >= 11 is 0. The highest BCUT2D eigenvalue weighted by molar-refractivity contribution is 6.39. The van der Waals surface area contributed by atoms with Crippen LogP contribution in [0.2, 0.25) is 0 Å². The van der Waals surface area contributed by atoms with Gasteiger partial charge < -0.3 is 20.3 Å². The lowest BCUT2D eigenvalue weighted by atomic mass is 10.1. The maximum Gasteiger partial charge on any atom is 0.313 e. The van der Waals surface area contributed by atoms with Gasteiger partial charge in [-0.1, -0.05) is 42.5 Å². The first-order valence-electron chi connectivity index (χ1n) is 10.5. The van der Waals surface area contributed by atoms with Gasteiger partial charge in [0.15, 0.2) is 0 Å². The fraction of sp³-hybridized carbons (Fsp3) is 0.375. The van der Waals surface area contributed by atoms with Crippen LogP contribution < -0.4 is 10.6 Å². The van der Waals surface area contributed by atoms with E-state index >= 15 is 0 Å². The van der Waals surface area contributed by atoms with E-state index in [9.17, 15) is 14.4 Å². The monoisotopic (exact) mass is 423 g/mol. The van der Waals surface area contributed by atoms with Crippen LogP contribution in [-0.2, 0) is 19.1 Å². The van der Waals surface area contributed by atoms with Gasteiger partial charge in [0.2, 0.25) is 5.91 Å². The SMILES string of the molecule is Cc1ccc(C)c(NC(=O)C(=O)NCCCC(=O)N2CCOC(c3ccccc3)C2)c1. The molecule has 0 spiro atoms. The Morgan fingerprint density at radius 3 is 2.61 bits per heavy atom. The maximum absolute atomic E-state index is 12.5. The van der Waals surface area contributed by atoms with Crippen LogP contribution in [0.4, 0.5) is 5.69 Å². The Bertz CT molecular complexity index is 930. The number of carbonyl (C=O) groups excluding carboxylic acids is 3. The summed E-state index contributed by atoms with van der Waals surface area (Å²) in [6.45, 7) is 5.63. The largest absolute Gasteiger partial charge is 0.370 e. The van der Waals surface area contributed by atoms with Gasteiger partial charge >= 0.3 is 11.8 Å². The molecule has 3 amide bonds. The Morgan fingerprint density at radius 2 is 1.84 bits per heavy atom. The van der Waals surface area contributed by atoms with Gasteiger partial charge in [0.1, 0.15) is 6.10 Å². The van der Waals surface area contributed by atoms with Crippen LogP contribution >= 0.6 is 0 Å². The zero-order valence-corrected chi connectivity index (χ0v) is 18.0. The van der Waals surface area contributed by atoms with Crippen LogP contribution in [0.25, 0.3) is 0 Å². The number of carbonyl (C=O) groups is 3. The highest BCUT2D eigenvalue weighted by atomic mass is 16.5. The molecule has 1 saturated heterocycles. The van der Waals surface area contributed by atoms with E-state index < -0.39 is 11.8 Å². The quantitative estimate of drug-likeness (QED) is 0.552. The zero-order valence-electron chi connectivity index (χ0n) is 18.0. The molecular weight excluding hydrogens is 394 g/mol. The molecule has 1 aliphatic rings. The summed E-state index contributed by atoms with van der Waals surface area (Å²) in [5, 5.41) is 5.22. The van der Waals surface area contributed by atoms with Gasteiger partial charge in [-0.25, -0.2) is 0 Å². The van der Waals surface area contributed by atoms with Gasteiger partial charge in [-0.05, 0) is 43.0 Å². The zero-order chi connectivity index (χ0) is 22.2. The van der Waals surface area contributed by atoms with Gasteiger partial charge in [-0.15, -0.1) is 0 Å². The lowest BCUT2D eigenvalue weighted by Crippen LogP contribution is -2.42. The molecule has 164 valence electrons. The van der Waals surface area contributed by atoms with Crippen LogP contribution in [0, 0.1) is 13.8 Å². The molecule has 31 heavy (non-hydrogen) atoms. The summed E-state index contributed by atoms with van der Waals surface area (Å²) in [6, 6.07) is 15.5. The third-order valence-corrected chi connectivity index (χ3v) is 5.29. The Balaban J connectivity index is 1.39. The molecule has 2 aromatic rings. The summed E-state index contributed by atoms with van der Waals surface area (Å²) in [4.78, 5) is 38.5. The second-order valence-electron chi connectivity index (χ2n) is 7.74. The molecule has 7 nitrogen and oxygen atoms in total. The highest BCUT2D eigenvalue weighted by Gasteiger charge is 2.25. The van der Waals surface area contributed by atoms with E-state index in [1.54, 1.807) is 4.90 Å². The summed E-state index contributed by atoms with van der Waals surface area (Å²) in [5.74, 6) is -1.39. The molecular formula is C24H29N3O4. The molecule has 1 heterocycles. The van der Waals surface area contributed by atoms with Gasteiger partial charge in [0.25, 0.3) is 0 Å². The molecule has 0 bridgehead atoms. The number of benzene rings is 2. The Hall–Kier alpha value is -3.19. The predicted molar refractivity (Wildman–Crippen MR) is 119 cm³/mol. The number of nitrogens with one attached hydrogen (secondary N) is 2. The number of hydrogen-bond acceptors (Lipinski definition) is 4. The van der Waals surface area contributed by atoms with Crippen molar-refractivity contribution < 1.29 is 19.1 Å². The average molecular weight is 424 g/mol. The van der Waals surface area contributed by atoms with E-state index in [0.717, 1.165) is 16.7 Å². The van der Waals surface area contributed by atoms with Crippen LogP contribution in [0.1, 0.15) is 35.6 Å². The van der Waals surface area contributed by atoms with Crippen molar-refractivity contribution in [2.45, 2.75) is 32.8 Å². The molecule has 1 atom stereocenters. The molecule has 1 unspecified atom stereocenters. The number of rotatable bonds is 6. The smallest absolute Gasteiger partial charge is 0.313 e. The second-order valence-corrected chi connectivity index (χ2v) is 7.74. The van der Waals surface area contributed by atoms with E-state index in [1.165, 1.54) is 0 Å². The van der Waals surface area contributed by atoms with Gasteiger partial charge in [0, 0.05) is 25.2 Å². The van der Waals surface area contributed by atoms with E-state index in [4.69, 9.17) is 4.74 Å². The number of aryl methyl sites for hydroxylation is 2. The number of ether oxygens (including phenoxy) is 1. The van der Waals surface area contributed by atoms with Crippen LogP contribution in [0.5, 0.6) is 0 Å². The number of anilines is 1. The van der Waals surface area contributed by atoms with Crippen molar-refractivity contribution in [1.82, 2.24) is 10.2 Å². The summed E-state index contributed by atoms with van der Waals surface area (Å²) in [5.41, 5.74) is 3.56. The van der Waals surface area contributed by atoms with Gasteiger partial charge in [-0.3, -0.25) is 14.4 Å². The van der Waals surface area contributed by atoms with Gasteiger partial charge in [-0.2, -0.15) is 0 Å². The summed E-state index contributed by atoms with van der Waals surface area (Å²) in [6.07, 6.45) is 0.655. The van der Waals surface area contributed by atoms with Crippen LogP contribution in [0.15, 0.2) is 48.5 Å². The van der Waals surface area contributed by atoms with Crippen molar-refractivity contribution >= 4 is 23.4 Å². The molecule has 3 rings (SSSR count). The van der Waals surface area contributed by atoms with Crippen molar-refractivity contribution in [1.29, 1.82) is 0 Å². The molecule has 0 saturated carbocycles. The maximum atomic E-state index is 12.5. The van der Waals surface area contributed by atoms with Gasteiger partial charge in [0.05, 0.1) is 13.2 Å². The van der Waals surface area contributed by atoms with Crippen molar-refractivity contribution in [3.63, 3.8) is 0 Å². The first-order chi connectivity index (χ1) is 14.9. The average Bonchev–Trinajstić information content (AvgIpc) is 2.79. The first kappa shape index (κ1) is 22.5. The third-order valence-electron chi connectivity index (χ3n) is 5.29. The number of nitrogens with zero attached hydrogens (tertiary/aromatic N) is 1. The number of hydrogen-bond donors (Lipinski definition) is 2. The lowest BCUT2D eigenvalue weighted by Gasteiger charge is -2.33. The molecule has 2 N–H and O–H groups in total. The Kier molecular flexibility index (Phi) is 7.78. The summed E-state index contributed by atoms with van der Waals surface area (Å²) in [7, 11) is 0. The van der Waals surface area contributed by atoms with E-state index in [1.807, 2.05) is 62.4 Å². The molecule has 0 aromatic heterocycles. The Morgan fingerprint density at radius 1 is 1.06 bits per heavy atom. The lowest BCUT2D eigenvalue weighted by molar-refractivity contribution is -0.139. The predicted octanol–water partition coefficient (Wildman–Crippen LogP) is 2.74. The molecule has 7 heteroatoms. The van der Waals surface area contributed by atoms with Crippen molar-refractivity contribution in [3.8, 4) is 0 Å². The first-order valence-corrected chi connectivity index (χ1v) is 10.5. The highest BCUT2D eigenvalue weighted by Crippen LogP contribution is 2.22. The standard InChI is InChI=1S/C24H29N3O4/c1-17-10-11-18(2)20(15-17)26-24(30)23(29)25-12-6-9-22(28)27-13-14-31-21(16-27)19-7-4-3-5-8-19/h3-5,7-8,10-11,15,21H,6,9,12-14,16H2,1-2H3,(H,25,29)(H,26,30). The Labute approximate surface area is 182 Å². The van der Waals surface area contributed by atoms with Crippen molar-refractivity contribution in [3.05, 3.63) is 65.2 Å². The summed E-state index contributed by atoms with van der Waals surface area (Å²) < 4.78 is 5.80. The minimum atomic E-state index is -0.709. The third kappa shape index (κ3) is 6.39. The number of amides is 3. The normalized spacial score (nSPS) is 15.9. The van der Waals surface area contributed by atoms with Crippen LogP contribution in [-0.4, -0.2) is 48.9 Å². The molecule has 1 fully saturated rings. The molecule has 0 radical (unpaired) electrons. The van der Waals surface area contributed by atoms with Crippen molar-refractivity contribution in [2.75, 3.05) is 31.6 Å². The minimum Gasteiger partial charge on any atom is -0.370 e. The minimum absolute atomic E-state index is 0.0262. The van der Waals surface area contributed by atoms with E-state index in [0.29, 0.717) is 38.2 Å². The molecule has 0 aliphatic carbocycles. The van der Waals surface area contributed by atoms with Crippen molar-refractivity contribution in [2.24, 2.45) is 0 Å². The molecule has 2 aromatic carbocycles. The van der Waals surface area contributed by atoms with Crippen LogP contribution in [0.3, 0.4) is 0 Å². The number of morpholine rings is 1. The van der Waals surface area contributed by atoms with E-state index in [-0.39, 0.29) is 18.6 Å². The fourth-order valence-corrected chi connectivity index (χ4v) is 3.47. The fourth-order valence-electron chi connectivity index (χ4n) is 3.47. The van der Waals surface area contributed by atoms with E-state index in [2.05, 4.69) is 10.6 Å². The topological polar surface area (TPSA) is 87.7 Å². The second kappa shape index (κ2) is 10.7.